The zero-order chi connectivity index (χ0) is 19.8. The van der Waals surface area contributed by atoms with Crippen LogP contribution in [0.25, 0.3) is 6.08 Å². The van der Waals surface area contributed by atoms with Crippen molar-refractivity contribution >= 4 is 46.3 Å². The van der Waals surface area contributed by atoms with Gasteiger partial charge >= 0.3 is 5.97 Å². The Morgan fingerprint density at radius 3 is 2.70 bits per heavy atom. The Hall–Kier alpha value is -2.06. The van der Waals surface area contributed by atoms with Crippen molar-refractivity contribution in [3.05, 3.63) is 28.7 Å². The van der Waals surface area contributed by atoms with E-state index in [0.29, 0.717) is 27.3 Å². The molecule has 0 bridgehead atoms. The van der Waals surface area contributed by atoms with Crippen molar-refractivity contribution in [1.29, 1.82) is 0 Å². The Morgan fingerprint density at radius 1 is 1.26 bits per heavy atom. The predicted octanol–water partition coefficient (Wildman–Crippen LogP) is 3.64. The third kappa shape index (κ3) is 5.71. The third-order valence-corrected chi connectivity index (χ3v) is 5.26. The molecule has 0 spiro atoms. The molecule has 1 heterocycles. The normalized spacial score (nSPS) is 15.4. The van der Waals surface area contributed by atoms with Crippen LogP contribution in [0.1, 0.15) is 31.7 Å². The quantitative estimate of drug-likeness (QED) is 0.267. The number of rotatable bonds is 9. The van der Waals surface area contributed by atoms with Crippen LogP contribution in [0.4, 0.5) is 0 Å². The Balaban J connectivity index is 2.13. The second-order valence-electron chi connectivity index (χ2n) is 5.81. The lowest BCUT2D eigenvalue weighted by Crippen LogP contribution is -2.33. The Morgan fingerprint density at radius 2 is 2.04 bits per heavy atom. The summed E-state index contributed by atoms with van der Waals surface area (Å²) < 4.78 is 16.1. The molecule has 2 rings (SSSR count). The van der Waals surface area contributed by atoms with Gasteiger partial charge in [-0.1, -0.05) is 49.8 Å². The maximum Gasteiger partial charge on any atom is 0.325 e. The van der Waals surface area contributed by atoms with E-state index >= 15 is 0 Å². The predicted molar refractivity (Wildman–Crippen MR) is 110 cm³/mol. The van der Waals surface area contributed by atoms with E-state index in [-0.39, 0.29) is 12.5 Å². The van der Waals surface area contributed by atoms with E-state index in [9.17, 15) is 9.59 Å². The molecule has 1 saturated heterocycles. The fourth-order valence-corrected chi connectivity index (χ4v) is 3.66. The van der Waals surface area contributed by atoms with Crippen molar-refractivity contribution in [2.45, 2.75) is 26.2 Å². The number of nitrogens with zero attached hydrogens (tertiary/aromatic N) is 1. The van der Waals surface area contributed by atoms with Gasteiger partial charge in [0.05, 0.1) is 25.7 Å². The van der Waals surface area contributed by atoms with E-state index in [1.54, 1.807) is 13.2 Å². The van der Waals surface area contributed by atoms with Crippen LogP contribution in [0.5, 0.6) is 11.5 Å². The zero-order valence-corrected chi connectivity index (χ0v) is 17.3. The standard InChI is InChI=1S/C19H23NO5S2/c1-4-5-6-9-25-14-8-7-13(10-15(14)23-2)11-16-18(22)20(19(26)27-16)12-17(21)24-3/h7-8,10-11H,4-6,9,12H2,1-3H3/b16-11+. The van der Waals surface area contributed by atoms with Crippen LogP contribution in [0.2, 0.25) is 0 Å². The van der Waals surface area contributed by atoms with E-state index in [2.05, 4.69) is 11.7 Å². The lowest BCUT2D eigenvalue weighted by atomic mass is 10.2. The lowest BCUT2D eigenvalue weighted by Gasteiger charge is -2.12. The highest BCUT2D eigenvalue weighted by Crippen LogP contribution is 2.34. The number of amides is 1. The molecule has 146 valence electrons. The van der Waals surface area contributed by atoms with Gasteiger partial charge in [0.15, 0.2) is 11.5 Å². The van der Waals surface area contributed by atoms with Gasteiger partial charge in [-0.2, -0.15) is 0 Å². The molecule has 1 aromatic carbocycles. The largest absolute Gasteiger partial charge is 0.493 e. The number of carbonyl (C=O) groups excluding carboxylic acids is 2. The molecule has 1 aliphatic rings. The van der Waals surface area contributed by atoms with Gasteiger partial charge in [-0.15, -0.1) is 0 Å². The molecule has 0 saturated carbocycles. The first-order valence-corrected chi connectivity index (χ1v) is 9.85. The van der Waals surface area contributed by atoms with Crippen LogP contribution in [0.15, 0.2) is 23.1 Å². The van der Waals surface area contributed by atoms with Gasteiger partial charge in [-0.05, 0) is 30.2 Å². The average Bonchev–Trinajstić information content (AvgIpc) is 2.93. The minimum atomic E-state index is -0.515. The number of thioether (sulfide) groups is 1. The minimum Gasteiger partial charge on any atom is -0.493 e. The van der Waals surface area contributed by atoms with Gasteiger partial charge in [0.1, 0.15) is 10.9 Å². The molecule has 6 nitrogen and oxygen atoms in total. The van der Waals surface area contributed by atoms with Crippen LogP contribution in [-0.2, 0) is 14.3 Å². The van der Waals surface area contributed by atoms with E-state index in [4.69, 9.17) is 21.7 Å². The highest BCUT2D eigenvalue weighted by atomic mass is 32.2. The second kappa shape index (κ2) is 10.3. The van der Waals surface area contributed by atoms with E-state index in [1.807, 2.05) is 18.2 Å². The molecule has 27 heavy (non-hydrogen) atoms. The van der Waals surface area contributed by atoms with Crippen LogP contribution in [0, 0.1) is 0 Å². The topological polar surface area (TPSA) is 65.1 Å². The summed E-state index contributed by atoms with van der Waals surface area (Å²) in [5.74, 6) is 0.447. The summed E-state index contributed by atoms with van der Waals surface area (Å²) in [5, 5.41) is 0. The summed E-state index contributed by atoms with van der Waals surface area (Å²) in [6.07, 6.45) is 4.96. The Labute approximate surface area is 168 Å². The zero-order valence-electron chi connectivity index (χ0n) is 15.6. The highest BCUT2D eigenvalue weighted by Gasteiger charge is 2.33. The number of carbonyl (C=O) groups is 2. The first-order chi connectivity index (χ1) is 13.0. The van der Waals surface area contributed by atoms with Gasteiger partial charge in [-0.25, -0.2) is 0 Å². The summed E-state index contributed by atoms with van der Waals surface area (Å²) >= 11 is 6.35. The van der Waals surface area contributed by atoms with Crippen molar-refractivity contribution in [3.8, 4) is 11.5 Å². The number of thiocarbonyl (C=S) groups is 1. The molecular weight excluding hydrogens is 386 g/mol. The van der Waals surface area contributed by atoms with Crippen LogP contribution in [-0.4, -0.2) is 48.5 Å². The molecule has 0 aliphatic carbocycles. The summed E-state index contributed by atoms with van der Waals surface area (Å²) in [6.45, 7) is 2.59. The first-order valence-electron chi connectivity index (χ1n) is 8.63. The number of ether oxygens (including phenoxy) is 3. The van der Waals surface area contributed by atoms with Crippen molar-refractivity contribution in [2.75, 3.05) is 27.4 Å². The monoisotopic (exact) mass is 409 g/mol. The second-order valence-corrected chi connectivity index (χ2v) is 7.49. The van der Waals surface area contributed by atoms with Crippen molar-refractivity contribution in [1.82, 2.24) is 4.90 Å². The van der Waals surface area contributed by atoms with Crippen molar-refractivity contribution < 1.29 is 23.8 Å². The molecule has 0 aromatic heterocycles. The number of benzene rings is 1. The van der Waals surface area contributed by atoms with Gasteiger partial charge in [0, 0.05) is 0 Å². The molecule has 0 unspecified atom stereocenters. The maximum absolute atomic E-state index is 12.5. The summed E-state index contributed by atoms with van der Waals surface area (Å²) in [7, 11) is 2.85. The summed E-state index contributed by atoms with van der Waals surface area (Å²) in [6, 6.07) is 5.48. The number of unbranched alkanes of at least 4 members (excludes halogenated alkanes) is 2. The van der Waals surface area contributed by atoms with Crippen LogP contribution in [0.3, 0.4) is 0 Å². The molecule has 1 amide bonds. The first kappa shape index (κ1) is 21.2. The summed E-state index contributed by atoms with van der Waals surface area (Å²) in [5.41, 5.74) is 0.784. The lowest BCUT2D eigenvalue weighted by molar-refractivity contribution is -0.143. The molecule has 1 fully saturated rings. The Bertz CT molecular complexity index is 748. The van der Waals surface area contributed by atoms with Crippen LogP contribution >= 0.6 is 24.0 Å². The molecule has 8 heteroatoms. The average molecular weight is 410 g/mol. The fraction of sp³-hybridized carbons (Fsp3) is 0.421. The highest BCUT2D eigenvalue weighted by molar-refractivity contribution is 8.26. The third-order valence-electron chi connectivity index (χ3n) is 3.88. The van der Waals surface area contributed by atoms with Gasteiger partial charge in [-0.3, -0.25) is 14.5 Å². The molecule has 1 aliphatic heterocycles. The van der Waals surface area contributed by atoms with E-state index in [0.717, 1.165) is 36.6 Å². The molecule has 0 N–H and O–H groups in total. The molecule has 1 aromatic rings. The fourth-order valence-electron chi connectivity index (χ4n) is 2.41. The van der Waals surface area contributed by atoms with Crippen molar-refractivity contribution in [3.63, 3.8) is 0 Å². The summed E-state index contributed by atoms with van der Waals surface area (Å²) in [4.78, 5) is 25.6. The number of esters is 1. The molecular formula is C19H23NO5S2. The van der Waals surface area contributed by atoms with Crippen molar-refractivity contribution in [2.24, 2.45) is 0 Å². The van der Waals surface area contributed by atoms with E-state index in [1.165, 1.54) is 12.0 Å². The number of hydrogen-bond acceptors (Lipinski definition) is 7. The van der Waals surface area contributed by atoms with Gasteiger partial charge in [0.2, 0.25) is 0 Å². The van der Waals surface area contributed by atoms with Crippen LogP contribution < -0.4 is 9.47 Å². The molecule has 0 radical (unpaired) electrons. The van der Waals surface area contributed by atoms with Gasteiger partial charge in [0.25, 0.3) is 5.91 Å². The number of hydrogen-bond donors (Lipinski definition) is 0. The molecule has 0 atom stereocenters. The van der Waals surface area contributed by atoms with Gasteiger partial charge < -0.3 is 14.2 Å². The minimum absolute atomic E-state index is 0.188. The number of methoxy groups -OCH3 is 2. The van der Waals surface area contributed by atoms with E-state index < -0.39 is 5.97 Å². The smallest absolute Gasteiger partial charge is 0.325 e. The Kier molecular flexibility index (Phi) is 8.12. The maximum atomic E-state index is 12.5. The SMILES string of the molecule is CCCCCOc1ccc(/C=C2/SC(=S)N(CC(=O)OC)C2=O)cc1OC.